The highest BCUT2D eigenvalue weighted by atomic mass is 15.1. The fourth-order valence-corrected chi connectivity index (χ4v) is 2.80. The molecule has 4 rings (SSSR count). The maximum atomic E-state index is 6.35. The zero-order valence-electron chi connectivity index (χ0n) is 12.1. The van der Waals surface area contributed by atoms with Gasteiger partial charge in [-0.1, -0.05) is 30.3 Å². The fourth-order valence-electron chi connectivity index (χ4n) is 2.80. The second-order valence-electron chi connectivity index (χ2n) is 5.31. The first-order valence-corrected chi connectivity index (χ1v) is 7.17. The van der Waals surface area contributed by atoms with Crippen LogP contribution in [0.15, 0.2) is 55.0 Å². The molecule has 1 atom stereocenters. The molecular formula is C17H15N5. The number of rotatable bonds is 2. The highest BCUT2D eigenvalue weighted by Gasteiger charge is 2.16. The Labute approximate surface area is 127 Å². The molecule has 0 saturated carbocycles. The SMILES string of the molecule is CC(c1ccccc1)n1cnc2nc3cccnc3c(N)c21. The lowest BCUT2D eigenvalue weighted by Gasteiger charge is -2.15. The lowest BCUT2D eigenvalue weighted by atomic mass is 10.1. The largest absolute Gasteiger partial charge is 0.395 e. The minimum Gasteiger partial charge on any atom is -0.395 e. The van der Waals surface area contributed by atoms with E-state index in [2.05, 4.69) is 38.6 Å². The van der Waals surface area contributed by atoms with Crippen molar-refractivity contribution in [2.75, 3.05) is 5.73 Å². The number of hydrogen-bond donors (Lipinski definition) is 1. The van der Waals surface area contributed by atoms with E-state index in [0.29, 0.717) is 11.3 Å². The van der Waals surface area contributed by atoms with E-state index in [-0.39, 0.29) is 6.04 Å². The van der Waals surface area contributed by atoms with Crippen LogP contribution >= 0.6 is 0 Å². The summed E-state index contributed by atoms with van der Waals surface area (Å²) in [6, 6.07) is 14.1. The number of benzene rings is 1. The summed E-state index contributed by atoms with van der Waals surface area (Å²) in [5, 5.41) is 0. The van der Waals surface area contributed by atoms with Gasteiger partial charge in [0.2, 0.25) is 0 Å². The van der Waals surface area contributed by atoms with Gasteiger partial charge in [0.25, 0.3) is 0 Å². The van der Waals surface area contributed by atoms with Crippen molar-refractivity contribution < 1.29 is 0 Å². The number of fused-ring (bicyclic) bond motifs is 2. The monoisotopic (exact) mass is 289 g/mol. The fraction of sp³-hybridized carbons (Fsp3) is 0.118. The minimum absolute atomic E-state index is 0.122. The number of imidazole rings is 1. The van der Waals surface area contributed by atoms with Crippen molar-refractivity contribution in [1.29, 1.82) is 0 Å². The van der Waals surface area contributed by atoms with Crippen molar-refractivity contribution >= 4 is 27.9 Å². The Bertz CT molecular complexity index is 959. The summed E-state index contributed by atoms with van der Waals surface area (Å²) in [5.74, 6) is 0. The third kappa shape index (κ3) is 1.83. The molecular weight excluding hydrogens is 274 g/mol. The van der Waals surface area contributed by atoms with Crippen LogP contribution in [0.1, 0.15) is 18.5 Å². The van der Waals surface area contributed by atoms with Crippen molar-refractivity contribution in [2.45, 2.75) is 13.0 Å². The Kier molecular flexibility index (Phi) is 2.79. The van der Waals surface area contributed by atoms with Gasteiger partial charge in [0, 0.05) is 6.20 Å². The number of nitrogen functional groups attached to an aromatic ring is 1. The lowest BCUT2D eigenvalue weighted by Crippen LogP contribution is -2.07. The standard InChI is InChI=1S/C17H15N5/c1-11(12-6-3-2-4-7-12)22-10-20-17-16(22)14(18)15-13(21-17)8-5-9-19-15/h2-11H,1H3,(H2,18,21). The Hall–Kier alpha value is -2.95. The maximum Gasteiger partial charge on any atom is 0.180 e. The molecule has 3 heterocycles. The number of nitrogens with two attached hydrogens (primary N) is 1. The van der Waals surface area contributed by atoms with Crippen LogP contribution in [0.3, 0.4) is 0 Å². The van der Waals surface area contributed by atoms with Gasteiger partial charge < -0.3 is 10.3 Å². The van der Waals surface area contributed by atoms with E-state index in [1.807, 2.05) is 30.3 Å². The van der Waals surface area contributed by atoms with E-state index in [1.54, 1.807) is 12.5 Å². The summed E-state index contributed by atoms with van der Waals surface area (Å²) in [4.78, 5) is 13.3. The van der Waals surface area contributed by atoms with E-state index >= 15 is 0 Å². The van der Waals surface area contributed by atoms with Crippen LogP contribution in [0.4, 0.5) is 5.69 Å². The summed E-state index contributed by atoms with van der Waals surface area (Å²) in [7, 11) is 0. The van der Waals surface area contributed by atoms with Gasteiger partial charge in [0.1, 0.15) is 11.0 Å². The van der Waals surface area contributed by atoms with Gasteiger partial charge in [-0.3, -0.25) is 4.98 Å². The normalized spacial score (nSPS) is 12.8. The van der Waals surface area contributed by atoms with Crippen LogP contribution in [-0.4, -0.2) is 19.5 Å². The van der Waals surface area contributed by atoms with Gasteiger partial charge in [0.05, 0.1) is 23.6 Å². The van der Waals surface area contributed by atoms with Crippen molar-refractivity contribution in [3.05, 3.63) is 60.6 Å². The summed E-state index contributed by atoms with van der Waals surface area (Å²) in [5.41, 5.74) is 11.2. The van der Waals surface area contributed by atoms with Crippen molar-refractivity contribution in [3.63, 3.8) is 0 Å². The molecule has 0 bridgehead atoms. The van der Waals surface area contributed by atoms with Crippen LogP contribution in [0, 0.1) is 0 Å². The minimum atomic E-state index is 0.122. The van der Waals surface area contributed by atoms with E-state index in [1.165, 1.54) is 5.56 Å². The average molecular weight is 289 g/mol. The predicted molar refractivity (Wildman–Crippen MR) is 87.5 cm³/mol. The molecule has 0 amide bonds. The van der Waals surface area contributed by atoms with Crippen molar-refractivity contribution in [3.8, 4) is 0 Å². The number of anilines is 1. The molecule has 5 heteroatoms. The summed E-state index contributed by atoms with van der Waals surface area (Å²) in [6.07, 6.45) is 3.53. The van der Waals surface area contributed by atoms with Crippen LogP contribution in [0.25, 0.3) is 22.2 Å². The molecule has 3 aromatic heterocycles. The molecule has 22 heavy (non-hydrogen) atoms. The van der Waals surface area contributed by atoms with Gasteiger partial charge in [-0.15, -0.1) is 0 Å². The Morgan fingerprint density at radius 2 is 1.86 bits per heavy atom. The molecule has 1 aromatic carbocycles. The molecule has 108 valence electrons. The molecule has 0 saturated heterocycles. The molecule has 5 nitrogen and oxygen atoms in total. The second kappa shape index (κ2) is 4.80. The third-order valence-corrected chi connectivity index (χ3v) is 4.00. The zero-order valence-corrected chi connectivity index (χ0v) is 12.1. The first-order chi connectivity index (χ1) is 10.8. The molecule has 0 aliphatic heterocycles. The maximum absolute atomic E-state index is 6.35. The number of hydrogen-bond acceptors (Lipinski definition) is 4. The molecule has 0 aliphatic rings. The van der Waals surface area contributed by atoms with Crippen molar-refractivity contribution in [1.82, 2.24) is 19.5 Å². The highest BCUT2D eigenvalue weighted by molar-refractivity contribution is 6.01. The Morgan fingerprint density at radius 1 is 1.05 bits per heavy atom. The van der Waals surface area contributed by atoms with Gasteiger partial charge in [-0.25, -0.2) is 9.97 Å². The van der Waals surface area contributed by atoms with Crippen LogP contribution in [-0.2, 0) is 0 Å². The lowest BCUT2D eigenvalue weighted by molar-refractivity contribution is 0.658. The smallest absolute Gasteiger partial charge is 0.180 e. The first kappa shape index (κ1) is 12.8. The van der Waals surface area contributed by atoms with Gasteiger partial charge in [0.15, 0.2) is 5.65 Å². The van der Waals surface area contributed by atoms with E-state index in [9.17, 15) is 0 Å². The molecule has 4 aromatic rings. The highest BCUT2D eigenvalue weighted by Crippen LogP contribution is 2.30. The average Bonchev–Trinajstić information content (AvgIpc) is 2.99. The van der Waals surface area contributed by atoms with E-state index in [4.69, 9.17) is 5.73 Å². The molecule has 0 aliphatic carbocycles. The molecule has 2 N–H and O–H groups in total. The predicted octanol–water partition coefficient (Wildman–Crippen LogP) is 3.17. The molecule has 0 spiro atoms. The van der Waals surface area contributed by atoms with E-state index in [0.717, 1.165) is 16.6 Å². The second-order valence-corrected chi connectivity index (χ2v) is 5.31. The van der Waals surface area contributed by atoms with Crippen LogP contribution in [0.5, 0.6) is 0 Å². The molecule has 0 fully saturated rings. The first-order valence-electron chi connectivity index (χ1n) is 7.17. The topological polar surface area (TPSA) is 69.6 Å². The summed E-state index contributed by atoms with van der Waals surface area (Å²) in [6.45, 7) is 2.12. The number of nitrogens with zero attached hydrogens (tertiary/aromatic N) is 4. The number of pyridine rings is 2. The van der Waals surface area contributed by atoms with Crippen LogP contribution < -0.4 is 5.73 Å². The molecule has 1 unspecified atom stereocenters. The molecule has 0 radical (unpaired) electrons. The van der Waals surface area contributed by atoms with E-state index < -0.39 is 0 Å². The quantitative estimate of drug-likeness (QED) is 0.615. The Morgan fingerprint density at radius 3 is 2.68 bits per heavy atom. The number of aromatic nitrogens is 4. The van der Waals surface area contributed by atoms with Gasteiger partial charge in [-0.05, 0) is 24.6 Å². The van der Waals surface area contributed by atoms with Gasteiger partial charge in [-0.2, -0.15) is 0 Å². The summed E-state index contributed by atoms with van der Waals surface area (Å²) < 4.78 is 2.06. The van der Waals surface area contributed by atoms with Crippen molar-refractivity contribution in [2.24, 2.45) is 0 Å². The van der Waals surface area contributed by atoms with Gasteiger partial charge >= 0.3 is 0 Å². The van der Waals surface area contributed by atoms with Crippen LogP contribution in [0.2, 0.25) is 0 Å². The Balaban J connectivity index is 1.98. The summed E-state index contributed by atoms with van der Waals surface area (Å²) >= 11 is 0. The third-order valence-electron chi connectivity index (χ3n) is 4.00. The zero-order chi connectivity index (χ0) is 15.1.